The molecule has 0 radical (unpaired) electrons. The summed E-state index contributed by atoms with van der Waals surface area (Å²) in [5.74, 6) is -0.446. The standard InChI is InChI=1S/C12H13N3O2.ClH/c16-12(17)10-7-14-15-4-2-8(5-11(10)15)9-1-3-13-6-9;/h2,4-5,7,9,13H,1,3,6H2,(H,16,17);1H. The van der Waals surface area contributed by atoms with E-state index in [1.807, 2.05) is 18.3 Å². The molecule has 1 aliphatic rings. The molecule has 0 aliphatic carbocycles. The molecule has 18 heavy (non-hydrogen) atoms. The average molecular weight is 268 g/mol. The van der Waals surface area contributed by atoms with Crippen LogP contribution in [0.1, 0.15) is 28.3 Å². The molecule has 1 aliphatic heterocycles. The minimum atomic E-state index is -0.929. The molecular formula is C12H14ClN3O2. The minimum absolute atomic E-state index is 0. The molecule has 1 unspecified atom stereocenters. The fraction of sp³-hybridized carbons (Fsp3) is 0.333. The van der Waals surface area contributed by atoms with Gasteiger partial charge >= 0.3 is 5.97 Å². The van der Waals surface area contributed by atoms with Crippen LogP contribution >= 0.6 is 12.4 Å². The van der Waals surface area contributed by atoms with E-state index in [0.29, 0.717) is 11.4 Å². The van der Waals surface area contributed by atoms with Crippen molar-refractivity contribution < 1.29 is 9.90 Å². The van der Waals surface area contributed by atoms with Gasteiger partial charge in [-0.3, -0.25) is 0 Å². The van der Waals surface area contributed by atoms with Crippen molar-refractivity contribution in [3.63, 3.8) is 0 Å². The molecule has 1 saturated heterocycles. The summed E-state index contributed by atoms with van der Waals surface area (Å²) in [6.07, 6.45) is 4.33. The van der Waals surface area contributed by atoms with Crippen LogP contribution in [0.25, 0.3) is 5.52 Å². The maximum atomic E-state index is 11.0. The second kappa shape index (κ2) is 4.96. The number of carboxylic acid groups (broad SMARTS) is 1. The van der Waals surface area contributed by atoms with E-state index >= 15 is 0 Å². The number of rotatable bonds is 2. The Morgan fingerprint density at radius 1 is 1.56 bits per heavy atom. The summed E-state index contributed by atoms with van der Waals surface area (Å²) < 4.78 is 1.61. The fourth-order valence-corrected chi connectivity index (χ4v) is 2.35. The van der Waals surface area contributed by atoms with Crippen LogP contribution in [0.2, 0.25) is 0 Å². The number of carbonyl (C=O) groups is 1. The lowest BCUT2D eigenvalue weighted by molar-refractivity contribution is 0.0699. The number of hydrogen-bond acceptors (Lipinski definition) is 3. The number of hydrogen-bond donors (Lipinski definition) is 2. The lowest BCUT2D eigenvalue weighted by Gasteiger charge is -2.08. The van der Waals surface area contributed by atoms with Crippen LogP contribution in [-0.4, -0.2) is 33.8 Å². The first-order valence-electron chi connectivity index (χ1n) is 5.67. The van der Waals surface area contributed by atoms with Crippen LogP contribution in [0, 0.1) is 0 Å². The van der Waals surface area contributed by atoms with Gasteiger partial charge in [0, 0.05) is 12.7 Å². The molecular weight excluding hydrogens is 254 g/mol. The molecule has 1 fully saturated rings. The van der Waals surface area contributed by atoms with Crippen molar-refractivity contribution in [1.29, 1.82) is 0 Å². The summed E-state index contributed by atoms with van der Waals surface area (Å²) in [5, 5.41) is 16.4. The van der Waals surface area contributed by atoms with Crippen molar-refractivity contribution in [2.75, 3.05) is 13.1 Å². The van der Waals surface area contributed by atoms with Crippen molar-refractivity contribution in [2.45, 2.75) is 12.3 Å². The van der Waals surface area contributed by atoms with Crippen LogP contribution in [-0.2, 0) is 0 Å². The molecule has 5 nitrogen and oxygen atoms in total. The molecule has 96 valence electrons. The lowest BCUT2D eigenvalue weighted by Crippen LogP contribution is -2.08. The fourth-order valence-electron chi connectivity index (χ4n) is 2.35. The highest BCUT2D eigenvalue weighted by atomic mass is 35.5. The number of carboxylic acids is 1. The van der Waals surface area contributed by atoms with Crippen molar-refractivity contribution in [3.8, 4) is 0 Å². The summed E-state index contributed by atoms with van der Waals surface area (Å²) in [6.45, 7) is 1.99. The van der Waals surface area contributed by atoms with E-state index in [1.165, 1.54) is 11.8 Å². The van der Waals surface area contributed by atoms with Gasteiger partial charge in [-0.1, -0.05) is 0 Å². The zero-order valence-electron chi connectivity index (χ0n) is 9.67. The predicted molar refractivity (Wildman–Crippen MR) is 69.6 cm³/mol. The molecule has 0 aromatic carbocycles. The van der Waals surface area contributed by atoms with Gasteiger partial charge < -0.3 is 10.4 Å². The summed E-state index contributed by atoms with van der Waals surface area (Å²) in [5.41, 5.74) is 2.12. The number of aromatic carboxylic acids is 1. The van der Waals surface area contributed by atoms with Crippen LogP contribution < -0.4 is 5.32 Å². The topological polar surface area (TPSA) is 66.6 Å². The predicted octanol–water partition coefficient (Wildman–Crippen LogP) is 1.53. The first kappa shape index (κ1) is 12.9. The normalized spacial score (nSPS) is 18.8. The quantitative estimate of drug-likeness (QED) is 0.866. The van der Waals surface area contributed by atoms with Gasteiger partial charge in [0.05, 0.1) is 11.7 Å². The van der Waals surface area contributed by atoms with Gasteiger partial charge in [-0.05, 0) is 36.6 Å². The molecule has 3 rings (SSSR count). The van der Waals surface area contributed by atoms with Crippen molar-refractivity contribution in [1.82, 2.24) is 14.9 Å². The van der Waals surface area contributed by atoms with Gasteiger partial charge in [0.25, 0.3) is 0 Å². The molecule has 0 amide bonds. The minimum Gasteiger partial charge on any atom is -0.478 e. The maximum Gasteiger partial charge on any atom is 0.339 e. The SMILES string of the molecule is Cl.O=C(O)c1cnn2ccc(C3CCNC3)cc12. The van der Waals surface area contributed by atoms with E-state index in [-0.39, 0.29) is 18.0 Å². The highest BCUT2D eigenvalue weighted by Gasteiger charge is 2.18. The molecule has 3 heterocycles. The lowest BCUT2D eigenvalue weighted by atomic mass is 9.99. The van der Waals surface area contributed by atoms with Crippen molar-refractivity contribution in [3.05, 3.63) is 35.7 Å². The average Bonchev–Trinajstić information content (AvgIpc) is 2.97. The van der Waals surface area contributed by atoms with Crippen LogP contribution in [0.15, 0.2) is 24.5 Å². The number of halogens is 1. The molecule has 0 bridgehead atoms. The third-order valence-electron chi connectivity index (χ3n) is 3.31. The number of pyridine rings is 1. The van der Waals surface area contributed by atoms with Crippen molar-refractivity contribution >= 4 is 23.9 Å². The zero-order chi connectivity index (χ0) is 11.8. The van der Waals surface area contributed by atoms with Gasteiger partial charge in [0.1, 0.15) is 5.56 Å². The Morgan fingerprint density at radius 3 is 3.06 bits per heavy atom. The largest absolute Gasteiger partial charge is 0.478 e. The second-order valence-corrected chi connectivity index (χ2v) is 4.34. The van der Waals surface area contributed by atoms with Gasteiger partial charge in [0.15, 0.2) is 0 Å². The monoisotopic (exact) mass is 267 g/mol. The van der Waals surface area contributed by atoms with E-state index in [1.54, 1.807) is 4.52 Å². The summed E-state index contributed by atoms with van der Waals surface area (Å²) >= 11 is 0. The van der Waals surface area contributed by atoms with Crippen LogP contribution in [0.3, 0.4) is 0 Å². The van der Waals surface area contributed by atoms with Crippen LogP contribution in [0.5, 0.6) is 0 Å². The second-order valence-electron chi connectivity index (χ2n) is 4.34. The number of aromatic nitrogens is 2. The molecule has 6 heteroatoms. The van der Waals surface area contributed by atoms with E-state index in [2.05, 4.69) is 10.4 Å². The highest BCUT2D eigenvalue weighted by molar-refractivity contribution is 5.95. The Balaban J connectivity index is 0.00000120. The molecule has 2 aromatic rings. The Kier molecular flexibility index (Phi) is 3.54. The summed E-state index contributed by atoms with van der Waals surface area (Å²) in [4.78, 5) is 11.0. The smallest absolute Gasteiger partial charge is 0.339 e. The van der Waals surface area contributed by atoms with E-state index in [0.717, 1.165) is 19.5 Å². The van der Waals surface area contributed by atoms with Gasteiger partial charge in [0.2, 0.25) is 0 Å². The molecule has 2 aromatic heterocycles. The molecule has 0 spiro atoms. The van der Waals surface area contributed by atoms with Gasteiger partial charge in [-0.15, -0.1) is 12.4 Å². The molecule has 1 atom stereocenters. The molecule has 0 saturated carbocycles. The Morgan fingerprint density at radius 2 is 2.39 bits per heavy atom. The number of nitrogens with zero attached hydrogens (tertiary/aromatic N) is 2. The van der Waals surface area contributed by atoms with Gasteiger partial charge in [-0.25, -0.2) is 9.31 Å². The first-order chi connectivity index (χ1) is 8.25. The molecule has 2 N–H and O–H groups in total. The van der Waals surface area contributed by atoms with E-state index in [9.17, 15) is 4.79 Å². The Hall–Kier alpha value is -1.59. The summed E-state index contributed by atoms with van der Waals surface area (Å²) in [6, 6.07) is 3.96. The maximum absolute atomic E-state index is 11.0. The third-order valence-corrected chi connectivity index (χ3v) is 3.31. The van der Waals surface area contributed by atoms with Crippen molar-refractivity contribution in [2.24, 2.45) is 0 Å². The third kappa shape index (κ3) is 2.07. The van der Waals surface area contributed by atoms with Crippen LogP contribution in [0.4, 0.5) is 0 Å². The Labute approximate surface area is 110 Å². The Bertz CT molecular complexity index is 576. The number of fused-ring (bicyclic) bond motifs is 1. The van der Waals surface area contributed by atoms with E-state index < -0.39 is 5.97 Å². The summed E-state index contributed by atoms with van der Waals surface area (Å²) in [7, 11) is 0. The van der Waals surface area contributed by atoms with Gasteiger partial charge in [-0.2, -0.15) is 5.10 Å². The highest BCUT2D eigenvalue weighted by Crippen LogP contribution is 2.24. The first-order valence-corrected chi connectivity index (χ1v) is 5.67. The van der Waals surface area contributed by atoms with E-state index in [4.69, 9.17) is 5.11 Å². The zero-order valence-corrected chi connectivity index (χ0v) is 10.5. The number of nitrogens with one attached hydrogen (secondary N) is 1.